The van der Waals surface area contributed by atoms with Gasteiger partial charge in [0.2, 0.25) is 0 Å². The van der Waals surface area contributed by atoms with E-state index in [9.17, 15) is 19.2 Å². The van der Waals surface area contributed by atoms with Gasteiger partial charge in [-0.1, -0.05) is 72.3 Å². The molecule has 1 heterocycles. The average Bonchev–Trinajstić information content (AvgIpc) is 3.69. The van der Waals surface area contributed by atoms with Crippen molar-refractivity contribution in [1.82, 2.24) is 0 Å². The van der Waals surface area contributed by atoms with Crippen molar-refractivity contribution >= 4 is 23.9 Å². The first-order valence-electron chi connectivity index (χ1n) is 12.5. The van der Waals surface area contributed by atoms with Crippen molar-refractivity contribution in [2.75, 3.05) is 26.4 Å². The fraction of sp³-hybridized carbons (Fsp3) is 0.571. The van der Waals surface area contributed by atoms with Gasteiger partial charge in [0.15, 0.2) is 0 Å². The summed E-state index contributed by atoms with van der Waals surface area (Å²) in [7, 11) is 0. The van der Waals surface area contributed by atoms with E-state index in [-0.39, 0.29) is 36.6 Å². The normalized spacial score (nSPS) is 13.2. The maximum atomic E-state index is 11.2. The molecule has 0 aromatic carbocycles. The summed E-state index contributed by atoms with van der Waals surface area (Å²) in [5.41, 5.74) is 0.230. The molecule has 1 atom stereocenters. The van der Waals surface area contributed by atoms with Crippen LogP contribution in [0.1, 0.15) is 65.7 Å². The zero-order valence-electron chi connectivity index (χ0n) is 22.6. The number of unbranched alkanes of at least 4 members (excludes halogenated alkanes) is 3. The Morgan fingerprint density at radius 2 is 1.54 bits per heavy atom. The van der Waals surface area contributed by atoms with Crippen LogP contribution in [0, 0.1) is 5.92 Å². The number of carbonyl (C=O) groups is 4. The molecule has 1 rings (SSSR count). The molecule has 210 valence electrons. The minimum absolute atomic E-state index is 0.0244. The highest BCUT2D eigenvalue weighted by Crippen LogP contribution is 2.11. The summed E-state index contributed by atoms with van der Waals surface area (Å²) in [6, 6.07) is 0. The highest BCUT2D eigenvalue weighted by Gasteiger charge is 2.24. The average molecular weight is 525 g/mol. The molecule has 1 N–H and O–H groups in total. The lowest BCUT2D eigenvalue weighted by Crippen LogP contribution is -2.11. The molecule has 0 aromatic heterocycles. The number of carbonyl (C=O) groups excluding carboxylic acids is 3. The largest absolute Gasteiger partial charge is 0.478 e. The van der Waals surface area contributed by atoms with Crippen molar-refractivity contribution in [3.63, 3.8) is 0 Å². The van der Waals surface area contributed by atoms with Gasteiger partial charge in [-0.15, -0.1) is 0 Å². The fourth-order valence-corrected chi connectivity index (χ4v) is 2.26. The lowest BCUT2D eigenvalue weighted by atomic mass is 10.1. The Morgan fingerprint density at radius 1 is 0.973 bits per heavy atom. The van der Waals surface area contributed by atoms with Crippen LogP contribution in [-0.2, 0) is 38.1 Å². The maximum Gasteiger partial charge on any atom is 0.333 e. The monoisotopic (exact) mass is 524 g/mol. The van der Waals surface area contributed by atoms with Crippen molar-refractivity contribution in [3.8, 4) is 0 Å². The van der Waals surface area contributed by atoms with Crippen LogP contribution >= 0.6 is 0 Å². The number of aliphatic carboxylic acids is 1. The predicted octanol–water partition coefficient (Wildman–Crippen LogP) is 4.96. The standard InChI is InChI=1S/C11H20O2.C10H12O5.C7H12O2/c1-4-11(12)13-9-7-5-6-8-10(2)3;1-7(3-2-4-9(11)12)10(13)15-6-8-5-14-8;1-3-5-6-9-7(8)4-2/h4,10H,1,5-9H2,2-3H3;2,4,8H,1,3,5-6H2,(H,11,12);4H,2-3,5-6H2,1H3. The lowest BCUT2D eigenvalue weighted by molar-refractivity contribution is -0.140. The van der Waals surface area contributed by atoms with Crippen molar-refractivity contribution < 1.29 is 43.2 Å². The minimum Gasteiger partial charge on any atom is -0.478 e. The van der Waals surface area contributed by atoms with Gasteiger partial charge in [0.1, 0.15) is 12.7 Å². The van der Waals surface area contributed by atoms with Crippen LogP contribution in [0.15, 0.2) is 49.6 Å². The van der Waals surface area contributed by atoms with Gasteiger partial charge in [-0.05, 0) is 25.2 Å². The third-order valence-electron chi connectivity index (χ3n) is 4.46. The molecule has 0 saturated carbocycles. The molecule has 0 radical (unpaired) electrons. The van der Waals surface area contributed by atoms with Crippen molar-refractivity contribution in [1.29, 1.82) is 0 Å². The summed E-state index contributed by atoms with van der Waals surface area (Å²) in [6.07, 6.45) is 11.5. The molecule has 37 heavy (non-hydrogen) atoms. The molecule has 0 aromatic rings. The van der Waals surface area contributed by atoms with Crippen molar-refractivity contribution in [3.05, 3.63) is 49.6 Å². The third kappa shape index (κ3) is 28.9. The van der Waals surface area contributed by atoms with Crippen LogP contribution < -0.4 is 0 Å². The Kier molecular flexibility index (Phi) is 23.8. The molecule has 0 aliphatic carbocycles. The number of ether oxygens (including phenoxy) is 4. The topological polar surface area (TPSA) is 129 Å². The highest BCUT2D eigenvalue weighted by atomic mass is 16.6. The molecule has 1 saturated heterocycles. The Labute approximate surface area is 221 Å². The Morgan fingerprint density at radius 3 is 2.00 bits per heavy atom. The van der Waals surface area contributed by atoms with E-state index in [2.05, 4.69) is 38.3 Å². The number of rotatable bonds is 17. The van der Waals surface area contributed by atoms with Gasteiger partial charge in [0, 0.05) is 23.8 Å². The second kappa shape index (κ2) is 24.5. The van der Waals surface area contributed by atoms with Crippen LogP contribution in [0.25, 0.3) is 0 Å². The quantitative estimate of drug-likeness (QED) is 0.0922. The second-order valence-corrected chi connectivity index (χ2v) is 8.44. The number of hydrogen-bond donors (Lipinski definition) is 1. The molecule has 1 aliphatic heterocycles. The molecular weight excluding hydrogens is 480 g/mol. The van der Waals surface area contributed by atoms with E-state index < -0.39 is 11.9 Å². The van der Waals surface area contributed by atoms with Crippen molar-refractivity contribution in [2.45, 2.75) is 71.8 Å². The smallest absolute Gasteiger partial charge is 0.333 e. The number of hydrogen-bond acceptors (Lipinski definition) is 8. The van der Waals surface area contributed by atoms with E-state index in [1.165, 1.54) is 31.1 Å². The predicted molar refractivity (Wildman–Crippen MR) is 142 cm³/mol. The number of epoxide rings is 1. The molecule has 0 amide bonds. The maximum absolute atomic E-state index is 11.2. The number of esters is 3. The first-order chi connectivity index (χ1) is 17.6. The van der Waals surface area contributed by atoms with Crippen molar-refractivity contribution in [2.24, 2.45) is 5.92 Å². The first kappa shape index (κ1) is 36.0. The highest BCUT2D eigenvalue weighted by molar-refractivity contribution is 5.88. The van der Waals surface area contributed by atoms with E-state index in [1.54, 1.807) is 0 Å². The number of allylic oxidation sites excluding steroid dienone is 1. The van der Waals surface area contributed by atoms with Gasteiger partial charge in [0.25, 0.3) is 0 Å². The summed E-state index contributed by atoms with van der Waals surface area (Å²) in [4.78, 5) is 42.3. The fourth-order valence-electron chi connectivity index (χ4n) is 2.26. The van der Waals surface area contributed by atoms with Gasteiger partial charge in [-0.25, -0.2) is 19.2 Å². The third-order valence-corrected chi connectivity index (χ3v) is 4.46. The summed E-state index contributed by atoms with van der Waals surface area (Å²) in [6.45, 7) is 18.5. The first-order valence-corrected chi connectivity index (χ1v) is 12.5. The number of carboxylic acid groups (broad SMARTS) is 1. The molecule has 1 unspecified atom stereocenters. The van der Waals surface area contributed by atoms with E-state index >= 15 is 0 Å². The Balaban J connectivity index is 0. The van der Waals surface area contributed by atoms with E-state index in [1.807, 2.05) is 6.92 Å². The molecule has 9 heteroatoms. The minimum atomic E-state index is -1.05. The second-order valence-electron chi connectivity index (χ2n) is 8.44. The lowest BCUT2D eigenvalue weighted by Gasteiger charge is -2.04. The molecular formula is C28H44O9. The van der Waals surface area contributed by atoms with Crippen LogP contribution in [0.5, 0.6) is 0 Å². The van der Waals surface area contributed by atoms with Crippen LogP contribution in [0.3, 0.4) is 0 Å². The van der Waals surface area contributed by atoms with Crippen LogP contribution in [-0.4, -0.2) is 61.5 Å². The van der Waals surface area contributed by atoms with Gasteiger partial charge >= 0.3 is 23.9 Å². The molecule has 9 nitrogen and oxygen atoms in total. The SMILES string of the molecule is C=C(CC=CC(=O)O)C(=O)OCC1CO1.C=CC(=O)OCCCC.C=CC(=O)OCCCCCC(C)C. The summed E-state index contributed by atoms with van der Waals surface area (Å²) in [5, 5.41) is 8.30. The van der Waals surface area contributed by atoms with Gasteiger partial charge in [-0.3, -0.25) is 0 Å². The van der Waals surface area contributed by atoms with Gasteiger partial charge in [0.05, 0.1) is 19.8 Å². The summed E-state index contributed by atoms with van der Waals surface area (Å²) >= 11 is 0. The summed E-state index contributed by atoms with van der Waals surface area (Å²) in [5.74, 6) is -1.44. The van der Waals surface area contributed by atoms with Gasteiger partial charge < -0.3 is 24.1 Å². The molecule has 1 aliphatic rings. The molecule has 0 spiro atoms. The van der Waals surface area contributed by atoms with Gasteiger partial charge in [-0.2, -0.15) is 0 Å². The van der Waals surface area contributed by atoms with E-state index in [0.29, 0.717) is 19.8 Å². The zero-order chi connectivity index (χ0) is 28.5. The van der Waals surface area contributed by atoms with E-state index in [0.717, 1.165) is 37.7 Å². The van der Waals surface area contributed by atoms with Crippen LogP contribution in [0.2, 0.25) is 0 Å². The summed E-state index contributed by atoms with van der Waals surface area (Å²) < 4.78 is 19.2. The van der Waals surface area contributed by atoms with E-state index in [4.69, 9.17) is 19.3 Å². The molecule has 1 fully saturated rings. The Bertz CT molecular complexity index is 734. The van der Waals surface area contributed by atoms with Crippen LogP contribution in [0.4, 0.5) is 0 Å². The zero-order valence-corrected chi connectivity index (χ0v) is 22.6. The number of carboxylic acids is 1. The Hall–Kier alpha value is -3.20. The molecule has 0 bridgehead atoms.